The first-order chi connectivity index (χ1) is 14.1. The fourth-order valence-corrected chi connectivity index (χ4v) is 2.72. The van der Waals surface area contributed by atoms with Gasteiger partial charge in [0.25, 0.3) is 5.91 Å². The van der Waals surface area contributed by atoms with Gasteiger partial charge in [-0.25, -0.2) is 4.79 Å². The van der Waals surface area contributed by atoms with Crippen LogP contribution in [0.15, 0.2) is 66.7 Å². The number of methoxy groups -OCH3 is 2. The number of benzene rings is 3. The molecule has 0 spiro atoms. The van der Waals surface area contributed by atoms with Gasteiger partial charge in [0, 0.05) is 17.8 Å². The van der Waals surface area contributed by atoms with Crippen LogP contribution in [0.4, 0.5) is 5.69 Å². The van der Waals surface area contributed by atoms with Crippen molar-refractivity contribution < 1.29 is 23.8 Å². The Labute approximate surface area is 168 Å². The second-order valence-corrected chi connectivity index (χ2v) is 6.19. The van der Waals surface area contributed by atoms with Crippen LogP contribution in [-0.2, 0) is 14.3 Å². The van der Waals surface area contributed by atoms with Gasteiger partial charge in [-0.15, -0.1) is 0 Å². The summed E-state index contributed by atoms with van der Waals surface area (Å²) in [5.41, 5.74) is 1.41. The molecule has 0 heterocycles. The summed E-state index contributed by atoms with van der Waals surface area (Å²) >= 11 is 0. The van der Waals surface area contributed by atoms with E-state index in [9.17, 15) is 9.59 Å². The minimum absolute atomic E-state index is 0.377. The fourth-order valence-electron chi connectivity index (χ4n) is 2.72. The number of esters is 1. The van der Waals surface area contributed by atoms with Crippen molar-refractivity contribution in [3.63, 3.8) is 0 Å². The second-order valence-electron chi connectivity index (χ2n) is 6.19. The first kappa shape index (κ1) is 19.9. The van der Waals surface area contributed by atoms with E-state index in [1.807, 2.05) is 36.4 Å². The molecule has 3 aromatic rings. The van der Waals surface area contributed by atoms with Crippen LogP contribution in [0.1, 0.15) is 5.56 Å². The molecule has 6 heteroatoms. The Balaban J connectivity index is 1.53. The number of amides is 1. The maximum Gasteiger partial charge on any atom is 0.331 e. The van der Waals surface area contributed by atoms with E-state index in [-0.39, 0.29) is 6.61 Å². The lowest BCUT2D eigenvalue weighted by Gasteiger charge is -2.07. The molecule has 0 radical (unpaired) electrons. The van der Waals surface area contributed by atoms with Crippen molar-refractivity contribution in [1.29, 1.82) is 0 Å². The summed E-state index contributed by atoms with van der Waals surface area (Å²) < 4.78 is 15.3. The van der Waals surface area contributed by atoms with Crippen molar-refractivity contribution in [2.24, 2.45) is 0 Å². The molecule has 29 heavy (non-hydrogen) atoms. The van der Waals surface area contributed by atoms with Crippen LogP contribution in [0.5, 0.6) is 11.5 Å². The third-order valence-corrected chi connectivity index (χ3v) is 4.18. The quantitative estimate of drug-likeness (QED) is 0.486. The van der Waals surface area contributed by atoms with Gasteiger partial charge < -0.3 is 19.5 Å². The van der Waals surface area contributed by atoms with Crippen LogP contribution in [0.3, 0.4) is 0 Å². The molecular weight excluding hydrogens is 370 g/mol. The number of carbonyl (C=O) groups is 2. The lowest BCUT2D eigenvalue weighted by Crippen LogP contribution is -2.20. The first-order valence-corrected chi connectivity index (χ1v) is 8.94. The number of fused-ring (bicyclic) bond motifs is 1. The SMILES string of the molecule is COc1cccc(NC(=O)COC(=O)/C=C/c2ccc3cc(OC)ccc3c2)c1. The largest absolute Gasteiger partial charge is 0.497 e. The maximum atomic E-state index is 11.9. The highest BCUT2D eigenvalue weighted by atomic mass is 16.5. The highest BCUT2D eigenvalue weighted by Gasteiger charge is 2.06. The molecule has 1 N–H and O–H groups in total. The number of hydrogen-bond donors (Lipinski definition) is 1. The van der Waals surface area contributed by atoms with Crippen LogP contribution in [0.25, 0.3) is 16.8 Å². The molecule has 6 nitrogen and oxygen atoms in total. The molecule has 0 aliphatic carbocycles. The average molecular weight is 391 g/mol. The second kappa shape index (κ2) is 9.41. The van der Waals surface area contributed by atoms with E-state index in [1.54, 1.807) is 44.6 Å². The Kier molecular flexibility index (Phi) is 6.47. The molecule has 0 bridgehead atoms. The fraction of sp³-hybridized carbons (Fsp3) is 0.130. The molecule has 0 aliphatic rings. The smallest absolute Gasteiger partial charge is 0.331 e. The summed E-state index contributed by atoms with van der Waals surface area (Å²) in [7, 11) is 3.17. The number of ether oxygens (including phenoxy) is 3. The zero-order valence-electron chi connectivity index (χ0n) is 16.2. The van der Waals surface area contributed by atoms with Gasteiger partial charge in [0.2, 0.25) is 0 Å². The first-order valence-electron chi connectivity index (χ1n) is 8.94. The number of carbonyl (C=O) groups excluding carboxylic acids is 2. The van der Waals surface area contributed by atoms with Gasteiger partial charge in [0.05, 0.1) is 14.2 Å². The molecular formula is C23H21NO5. The zero-order valence-corrected chi connectivity index (χ0v) is 16.2. The van der Waals surface area contributed by atoms with Crippen LogP contribution in [0.2, 0.25) is 0 Å². The van der Waals surface area contributed by atoms with Gasteiger partial charge in [-0.05, 0) is 52.7 Å². The van der Waals surface area contributed by atoms with Crippen molar-refractivity contribution in [1.82, 2.24) is 0 Å². The van der Waals surface area contributed by atoms with Crippen molar-refractivity contribution in [2.45, 2.75) is 0 Å². The van der Waals surface area contributed by atoms with Crippen LogP contribution in [0, 0.1) is 0 Å². The molecule has 3 rings (SSSR count). The number of anilines is 1. The highest BCUT2D eigenvalue weighted by molar-refractivity contribution is 5.95. The van der Waals surface area contributed by atoms with Crippen LogP contribution in [-0.4, -0.2) is 32.7 Å². The maximum absolute atomic E-state index is 11.9. The molecule has 0 saturated heterocycles. The highest BCUT2D eigenvalue weighted by Crippen LogP contribution is 2.22. The molecule has 0 aromatic heterocycles. The summed E-state index contributed by atoms with van der Waals surface area (Å²) in [5, 5.41) is 4.71. The Bertz CT molecular complexity index is 1060. The standard InChI is InChI=1S/C23H21NO5/c1-27-20-5-3-4-19(14-20)24-22(25)15-29-23(26)11-7-16-6-8-18-13-21(28-2)10-9-17(18)12-16/h3-14H,15H2,1-2H3,(H,24,25)/b11-7+. The number of rotatable bonds is 7. The summed E-state index contributed by atoms with van der Waals surface area (Å²) in [5.74, 6) is 0.383. The molecule has 0 fully saturated rings. The van der Waals surface area contributed by atoms with Crippen molar-refractivity contribution in [3.05, 3.63) is 72.3 Å². The third kappa shape index (κ3) is 5.59. The Hall–Kier alpha value is -3.80. The van der Waals surface area contributed by atoms with E-state index in [1.165, 1.54) is 6.08 Å². The Morgan fingerprint density at radius 3 is 2.41 bits per heavy atom. The molecule has 0 aliphatic heterocycles. The minimum Gasteiger partial charge on any atom is -0.497 e. The molecule has 148 valence electrons. The molecule has 1 amide bonds. The van der Waals surface area contributed by atoms with Gasteiger partial charge in [-0.3, -0.25) is 4.79 Å². The van der Waals surface area contributed by atoms with E-state index in [0.717, 1.165) is 22.1 Å². The predicted octanol–water partition coefficient (Wildman–Crippen LogP) is 4.05. The van der Waals surface area contributed by atoms with Crippen molar-refractivity contribution >= 4 is 34.4 Å². The summed E-state index contributed by atoms with van der Waals surface area (Å²) in [6, 6.07) is 18.5. The number of hydrogen-bond acceptors (Lipinski definition) is 5. The number of nitrogens with one attached hydrogen (secondary N) is 1. The summed E-state index contributed by atoms with van der Waals surface area (Å²) in [6.45, 7) is -0.377. The summed E-state index contributed by atoms with van der Waals surface area (Å²) in [4.78, 5) is 23.8. The average Bonchev–Trinajstić information content (AvgIpc) is 2.75. The summed E-state index contributed by atoms with van der Waals surface area (Å²) in [6.07, 6.45) is 2.94. The monoisotopic (exact) mass is 391 g/mol. The zero-order chi connectivity index (χ0) is 20.6. The van der Waals surface area contributed by atoms with Crippen molar-refractivity contribution in [3.8, 4) is 11.5 Å². The van der Waals surface area contributed by atoms with Gasteiger partial charge in [-0.2, -0.15) is 0 Å². The van der Waals surface area contributed by atoms with E-state index in [2.05, 4.69) is 5.32 Å². The normalized spacial score (nSPS) is 10.7. The van der Waals surface area contributed by atoms with E-state index in [4.69, 9.17) is 14.2 Å². The van der Waals surface area contributed by atoms with Crippen LogP contribution < -0.4 is 14.8 Å². The third-order valence-electron chi connectivity index (χ3n) is 4.18. The van der Waals surface area contributed by atoms with Gasteiger partial charge >= 0.3 is 5.97 Å². The topological polar surface area (TPSA) is 73.9 Å². The van der Waals surface area contributed by atoms with E-state index >= 15 is 0 Å². The van der Waals surface area contributed by atoms with E-state index < -0.39 is 11.9 Å². The molecule has 0 saturated carbocycles. The lowest BCUT2D eigenvalue weighted by molar-refractivity contribution is -0.142. The van der Waals surface area contributed by atoms with Gasteiger partial charge in [-0.1, -0.05) is 24.3 Å². The van der Waals surface area contributed by atoms with Gasteiger partial charge in [0.1, 0.15) is 11.5 Å². The van der Waals surface area contributed by atoms with E-state index in [0.29, 0.717) is 11.4 Å². The lowest BCUT2D eigenvalue weighted by atomic mass is 10.1. The van der Waals surface area contributed by atoms with Crippen molar-refractivity contribution in [2.75, 3.05) is 26.1 Å². The predicted molar refractivity (Wildman–Crippen MR) is 112 cm³/mol. The molecule has 0 unspecified atom stereocenters. The van der Waals surface area contributed by atoms with Crippen LogP contribution >= 0.6 is 0 Å². The Morgan fingerprint density at radius 2 is 1.62 bits per heavy atom. The minimum atomic E-state index is -0.597. The Morgan fingerprint density at radius 1 is 0.897 bits per heavy atom. The molecule has 3 aromatic carbocycles. The van der Waals surface area contributed by atoms with Gasteiger partial charge in [0.15, 0.2) is 6.61 Å². The molecule has 0 atom stereocenters.